The highest BCUT2D eigenvalue weighted by atomic mass is 32.1. The molecule has 4 rings (SSSR count). The van der Waals surface area contributed by atoms with Gasteiger partial charge in [0.15, 0.2) is 0 Å². The molecule has 1 amide bonds. The molecule has 4 aromatic rings. The average Bonchev–Trinajstić information content (AvgIpc) is 3.12. The van der Waals surface area contributed by atoms with Crippen molar-refractivity contribution in [1.29, 1.82) is 0 Å². The van der Waals surface area contributed by atoms with E-state index < -0.39 is 0 Å². The summed E-state index contributed by atoms with van der Waals surface area (Å²) in [5.41, 5.74) is 5.75. The molecule has 4 heteroatoms. The molecule has 0 fully saturated rings. The number of carbonyl (C=O) groups excluding carboxylic acids is 1. The van der Waals surface area contributed by atoms with Crippen LogP contribution in [0.5, 0.6) is 0 Å². The van der Waals surface area contributed by atoms with E-state index in [0.29, 0.717) is 5.57 Å². The molecule has 1 aromatic heterocycles. The lowest BCUT2D eigenvalue weighted by atomic mass is 10.1. The van der Waals surface area contributed by atoms with E-state index in [2.05, 4.69) is 30.4 Å². The first kappa shape index (κ1) is 18.1. The number of thiazole rings is 1. The number of hydrogen-bond acceptors (Lipinski definition) is 3. The summed E-state index contributed by atoms with van der Waals surface area (Å²) in [6, 6.07) is 24.0. The third kappa shape index (κ3) is 4.02. The summed E-state index contributed by atoms with van der Waals surface area (Å²) < 4.78 is 1.19. The summed E-state index contributed by atoms with van der Waals surface area (Å²) in [6.07, 6.45) is 1.88. The van der Waals surface area contributed by atoms with Gasteiger partial charge in [-0.2, -0.15) is 0 Å². The Balaban J connectivity index is 1.49. The van der Waals surface area contributed by atoms with E-state index in [1.165, 1.54) is 10.3 Å². The molecule has 0 aliphatic heterocycles. The van der Waals surface area contributed by atoms with E-state index in [9.17, 15) is 4.79 Å². The van der Waals surface area contributed by atoms with Crippen molar-refractivity contribution in [2.45, 2.75) is 13.8 Å². The molecule has 0 spiro atoms. The fraction of sp³-hybridized carbons (Fsp3) is 0.0833. The van der Waals surface area contributed by atoms with Crippen molar-refractivity contribution >= 4 is 39.2 Å². The molecular formula is C24H20N2OS. The number of fused-ring (bicyclic) bond motifs is 1. The number of aromatic nitrogens is 1. The van der Waals surface area contributed by atoms with Crippen molar-refractivity contribution in [3.8, 4) is 10.6 Å². The molecule has 0 radical (unpaired) electrons. The summed E-state index contributed by atoms with van der Waals surface area (Å²) in [4.78, 5) is 17.1. The molecule has 28 heavy (non-hydrogen) atoms. The molecule has 3 nitrogen and oxygen atoms in total. The smallest absolute Gasteiger partial charge is 0.251 e. The zero-order valence-corrected chi connectivity index (χ0v) is 16.6. The Hall–Kier alpha value is -3.24. The number of rotatable bonds is 4. The van der Waals surface area contributed by atoms with Crippen LogP contribution in [0.4, 0.5) is 5.69 Å². The largest absolute Gasteiger partial charge is 0.322 e. The first-order chi connectivity index (χ1) is 13.6. The molecule has 0 saturated carbocycles. The Kier molecular flexibility index (Phi) is 5.04. The minimum absolute atomic E-state index is 0.105. The van der Waals surface area contributed by atoms with Crippen LogP contribution in [0, 0.1) is 6.92 Å². The minimum atomic E-state index is -0.105. The van der Waals surface area contributed by atoms with E-state index in [1.54, 1.807) is 11.3 Å². The number of anilines is 1. The van der Waals surface area contributed by atoms with Gasteiger partial charge in [-0.3, -0.25) is 4.79 Å². The van der Waals surface area contributed by atoms with E-state index >= 15 is 0 Å². The van der Waals surface area contributed by atoms with Crippen LogP contribution >= 0.6 is 11.3 Å². The Morgan fingerprint density at radius 3 is 2.50 bits per heavy atom. The third-order valence-electron chi connectivity index (χ3n) is 4.47. The first-order valence-corrected chi connectivity index (χ1v) is 9.92. The average molecular weight is 385 g/mol. The predicted octanol–water partition coefficient (Wildman–Crippen LogP) is 6.31. The Labute approximate surface area is 168 Å². The van der Waals surface area contributed by atoms with Crippen LogP contribution in [0.3, 0.4) is 0 Å². The van der Waals surface area contributed by atoms with Crippen LogP contribution < -0.4 is 5.32 Å². The van der Waals surface area contributed by atoms with Gasteiger partial charge in [-0.15, -0.1) is 11.3 Å². The standard InChI is InChI=1S/C24H20N2OS/c1-16-8-13-21-22(14-16)28-24(26-21)19-9-11-20(12-10-19)25-23(27)17(2)15-18-6-4-3-5-7-18/h3-15H,1-2H3,(H,25,27). The van der Waals surface area contributed by atoms with E-state index in [1.807, 2.05) is 67.6 Å². The SMILES string of the molecule is CC(=Cc1ccccc1)C(=O)Nc1ccc(-c2nc3ccc(C)cc3s2)cc1. The lowest BCUT2D eigenvalue weighted by Crippen LogP contribution is -2.12. The molecule has 0 atom stereocenters. The summed E-state index contributed by atoms with van der Waals surface area (Å²) >= 11 is 1.68. The molecule has 3 aromatic carbocycles. The monoisotopic (exact) mass is 384 g/mol. The van der Waals surface area contributed by atoms with Crippen molar-refractivity contribution < 1.29 is 4.79 Å². The van der Waals surface area contributed by atoms with E-state index in [0.717, 1.165) is 27.3 Å². The maximum Gasteiger partial charge on any atom is 0.251 e. The van der Waals surface area contributed by atoms with Crippen LogP contribution in [0.25, 0.3) is 26.9 Å². The van der Waals surface area contributed by atoms with Gasteiger partial charge in [0.1, 0.15) is 5.01 Å². The predicted molar refractivity (Wildman–Crippen MR) is 119 cm³/mol. The van der Waals surface area contributed by atoms with Crippen molar-refractivity contribution in [2.75, 3.05) is 5.32 Å². The number of nitrogens with zero attached hydrogens (tertiary/aromatic N) is 1. The summed E-state index contributed by atoms with van der Waals surface area (Å²) in [5.74, 6) is -0.105. The van der Waals surface area contributed by atoms with Gasteiger partial charge < -0.3 is 5.32 Å². The number of benzene rings is 3. The van der Waals surface area contributed by atoms with Crippen molar-refractivity contribution in [2.24, 2.45) is 0 Å². The zero-order valence-electron chi connectivity index (χ0n) is 15.8. The second-order valence-corrected chi connectivity index (χ2v) is 7.79. The van der Waals surface area contributed by atoms with E-state index in [-0.39, 0.29) is 5.91 Å². The van der Waals surface area contributed by atoms with Crippen molar-refractivity contribution in [3.05, 3.63) is 89.5 Å². The van der Waals surface area contributed by atoms with Gasteiger partial charge in [0.25, 0.3) is 5.91 Å². The topological polar surface area (TPSA) is 42.0 Å². The van der Waals surface area contributed by atoms with E-state index in [4.69, 9.17) is 4.98 Å². The van der Waals surface area contributed by atoms with Gasteiger partial charge in [0.2, 0.25) is 0 Å². The number of amides is 1. The molecule has 0 aliphatic carbocycles. The normalized spacial score (nSPS) is 11.6. The highest BCUT2D eigenvalue weighted by Gasteiger charge is 2.08. The van der Waals surface area contributed by atoms with Gasteiger partial charge >= 0.3 is 0 Å². The lowest BCUT2D eigenvalue weighted by molar-refractivity contribution is -0.112. The molecule has 1 N–H and O–H groups in total. The third-order valence-corrected chi connectivity index (χ3v) is 5.54. The van der Waals surface area contributed by atoms with Crippen molar-refractivity contribution in [1.82, 2.24) is 4.98 Å². The summed E-state index contributed by atoms with van der Waals surface area (Å²) in [5, 5.41) is 3.94. The number of nitrogens with one attached hydrogen (secondary N) is 1. The lowest BCUT2D eigenvalue weighted by Gasteiger charge is -2.06. The highest BCUT2D eigenvalue weighted by molar-refractivity contribution is 7.21. The maximum atomic E-state index is 12.4. The minimum Gasteiger partial charge on any atom is -0.322 e. The fourth-order valence-electron chi connectivity index (χ4n) is 2.95. The second-order valence-electron chi connectivity index (χ2n) is 6.76. The van der Waals surface area contributed by atoms with Crippen LogP contribution in [0.2, 0.25) is 0 Å². The van der Waals surface area contributed by atoms with Gasteiger partial charge in [0.05, 0.1) is 10.2 Å². The summed E-state index contributed by atoms with van der Waals surface area (Å²) in [6.45, 7) is 3.91. The number of hydrogen-bond donors (Lipinski definition) is 1. The van der Waals surface area contributed by atoms with Gasteiger partial charge in [-0.25, -0.2) is 4.98 Å². The molecule has 0 aliphatic rings. The van der Waals surface area contributed by atoms with Crippen LogP contribution in [0.1, 0.15) is 18.1 Å². The molecule has 1 heterocycles. The molecular weight excluding hydrogens is 364 g/mol. The van der Waals surface area contributed by atoms with Gasteiger partial charge in [-0.05, 0) is 67.4 Å². The van der Waals surface area contributed by atoms with Crippen LogP contribution in [-0.4, -0.2) is 10.9 Å². The quantitative estimate of drug-likeness (QED) is 0.419. The highest BCUT2D eigenvalue weighted by Crippen LogP contribution is 2.31. The maximum absolute atomic E-state index is 12.4. The van der Waals surface area contributed by atoms with Gasteiger partial charge in [0, 0.05) is 16.8 Å². The molecule has 0 bridgehead atoms. The zero-order chi connectivity index (χ0) is 19.5. The number of aryl methyl sites for hydroxylation is 1. The first-order valence-electron chi connectivity index (χ1n) is 9.11. The van der Waals surface area contributed by atoms with Gasteiger partial charge in [-0.1, -0.05) is 36.4 Å². The Morgan fingerprint density at radius 1 is 1.00 bits per heavy atom. The fourth-order valence-corrected chi connectivity index (χ4v) is 4.02. The van der Waals surface area contributed by atoms with Crippen molar-refractivity contribution in [3.63, 3.8) is 0 Å². The Bertz CT molecular complexity index is 1160. The molecule has 0 unspecified atom stereocenters. The summed E-state index contributed by atoms with van der Waals surface area (Å²) in [7, 11) is 0. The van der Waals surface area contributed by atoms with Crippen LogP contribution in [0.15, 0.2) is 78.4 Å². The Morgan fingerprint density at radius 2 is 1.75 bits per heavy atom. The number of carbonyl (C=O) groups is 1. The second kappa shape index (κ2) is 7.79. The molecule has 138 valence electrons. The van der Waals surface area contributed by atoms with Crippen LogP contribution in [-0.2, 0) is 4.79 Å². The molecule has 0 saturated heterocycles.